The molecule has 0 radical (unpaired) electrons. The number of piperidine rings is 1. The lowest BCUT2D eigenvalue weighted by Gasteiger charge is -2.39. The number of aliphatic carboxylic acids is 2. The van der Waals surface area contributed by atoms with E-state index in [9.17, 15) is 14.4 Å². The maximum Gasteiger partial charge on any atom is 0.328 e. The monoisotopic (exact) mass is 450 g/mol. The number of thioether (sulfide) groups is 1. The van der Waals surface area contributed by atoms with E-state index in [1.165, 1.54) is 0 Å². The Morgan fingerprint density at radius 3 is 2.39 bits per heavy atom. The number of carboxylic acids is 2. The summed E-state index contributed by atoms with van der Waals surface area (Å²) in [6, 6.07) is 7.85. The lowest BCUT2D eigenvalue weighted by atomic mass is 10.0. The molecular formula is C21H26N2O7S. The average molecular weight is 451 g/mol. The van der Waals surface area contributed by atoms with Crippen LogP contribution in [0, 0.1) is 0 Å². The first-order valence-electron chi connectivity index (χ1n) is 10.0. The highest BCUT2D eigenvalue weighted by Gasteiger charge is 2.41. The summed E-state index contributed by atoms with van der Waals surface area (Å²) in [5.41, 5.74) is 0. The van der Waals surface area contributed by atoms with Crippen LogP contribution in [0.3, 0.4) is 0 Å². The van der Waals surface area contributed by atoms with Crippen molar-refractivity contribution in [2.45, 2.75) is 30.2 Å². The molecule has 2 fully saturated rings. The summed E-state index contributed by atoms with van der Waals surface area (Å²) in [7, 11) is 0. The van der Waals surface area contributed by atoms with Gasteiger partial charge in [-0.2, -0.15) is 0 Å². The molecule has 0 aliphatic carbocycles. The molecule has 3 aliphatic rings. The Bertz CT molecular complexity index is 821. The van der Waals surface area contributed by atoms with Gasteiger partial charge in [-0.05, 0) is 25.0 Å². The van der Waals surface area contributed by atoms with E-state index in [1.807, 2.05) is 24.3 Å². The van der Waals surface area contributed by atoms with Gasteiger partial charge in [-0.25, -0.2) is 9.59 Å². The van der Waals surface area contributed by atoms with E-state index in [4.69, 9.17) is 19.7 Å². The molecule has 2 saturated heterocycles. The molecule has 0 aromatic heterocycles. The molecule has 1 atom stereocenters. The van der Waals surface area contributed by atoms with Crippen LogP contribution in [0.25, 0.3) is 0 Å². The van der Waals surface area contributed by atoms with E-state index in [1.54, 1.807) is 11.8 Å². The number of amides is 1. The number of nitrogens with zero attached hydrogens (tertiary/aromatic N) is 1. The van der Waals surface area contributed by atoms with Gasteiger partial charge in [-0.1, -0.05) is 12.1 Å². The standard InChI is InChI=1S/C17H22N2O3S.C4H4O4/c20-16-12-23-17(18-16)6-9-19(10-7-17)8-5-13-11-21-14-3-1-2-4-15(14)22-13;5-3(6)1-2-4(7)8/h1-4,13H,5-12H2,(H,18,20);1-2H,(H,5,6)(H,7,8). The summed E-state index contributed by atoms with van der Waals surface area (Å²) in [4.78, 5) is 33.0. The van der Waals surface area contributed by atoms with Gasteiger partial charge >= 0.3 is 11.9 Å². The number of fused-ring (bicyclic) bond motifs is 1. The zero-order valence-corrected chi connectivity index (χ0v) is 17.8. The first kappa shape index (κ1) is 23.0. The summed E-state index contributed by atoms with van der Waals surface area (Å²) in [6.45, 7) is 3.72. The maximum absolute atomic E-state index is 11.5. The molecule has 3 aliphatic heterocycles. The molecule has 0 bridgehead atoms. The fourth-order valence-electron chi connectivity index (χ4n) is 3.61. The molecule has 168 valence electrons. The molecule has 1 amide bonds. The van der Waals surface area contributed by atoms with Gasteiger partial charge in [0.25, 0.3) is 0 Å². The molecule has 10 heteroatoms. The van der Waals surface area contributed by atoms with Gasteiger partial charge in [0.15, 0.2) is 11.5 Å². The second kappa shape index (κ2) is 10.5. The van der Waals surface area contributed by atoms with E-state index >= 15 is 0 Å². The van der Waals surface area contributed by atoms with Gasteiger partial charge in [-0.3, -0.25) is 4.79 Å². The Balaban J connectivity index is 0.000000293. The fourth-order valence-corrected chi connectivity index (χ4v) is 4.75. The minimum absolute atomic E-state index is 0.0109. The Morgan fingerprint density at radius 2 is 1.81 bits per heavy atom. The SMILES string of the molecule is O=C(O)C=CC(=O)O.O=C1CSC2(CCN(CCC3COc4ccccc4O3)CC2)N1. The minimum atomic E-state index is -1.26. The van der Waals surface area contributed by atoms with Crippen molar-refractivity contribution < 1.29 is 34.1 Å². The smallest absolute Gasteiger partial charge is 0.328 e. The summed E-state index contributed by atoms with van der Waals surface area (Å²) in [5.74, 6) is -0.00844. The normalized spacial score (nSPS) is 21.9. The number of nitrogens with one attached hydrogen (secondary N) is 1. The van der Waals surface area contributed by atoms with Gasteiger partial charge in [-0.15, -0.1) is 11.8 Å². The van der Waals surface area contributed by atoms with Gasteiger partial charge < -0.3 is 29.9 Å². The number of para-hydroxylation sites is 2. The Morgan fingerprint density at radius 1 is 1.16 bits per heavy atom. The number of benzene rings is 1. The highest BCUT2D eigenvalue weighted by Crippen LogP contribution is 2.37. The van der Waals surface area contributed by atoms with Crippen molar-refractivity contribution in [3.8, 4) is 11.5 Å². The maximum atomic E-state index is 11.5. The van der Waals surface area contributed by atoms with Crippen molar-refractivity contribution in [3.05, 3.63) is 36.4 Å². The number of hydrogen-bond donors (Lipinski definition) is 3. The topological polar surface area (TPSA) is 125 Å². The minimum Gasteiger partial charge on any atom is -0.486 e. The number of ether oxygens (including phenoxy) is 2. The lowest BCUT2D eigenvalue weighted by molar-refractivity contribution is -0.134. The molecule has 1 unspecified atom stereocenters. The third-order valence-corrected chi connectivity index (χ3v) is 6.68. The Kier molecular flexibility index (Phi) is 7.80. The van der Waals surface area contributed by atoms with E-state index < -0.39 is 11.9 Å². The molecule has 3 heterocycles. The van der Waals surface area contributed by atoms with Crippen molar-refractivity contribution in [2.24, 2.45) is 0 Å². The number of likely N-dealkylation sites (tertiary alicyclic amines) is 1. The van der Waals surface area contributed by atoms with Crippen LogP contribution in [-0.4, -0.2) is 75.9 Å². The van der Waals surface area contributed by atoms with E-state index in [0.717, 1.165) is 50.4 Å². The van der Waals surface area contributed by atoms with Crippen molar-refractivity contribution in [1.82, 2.24) is 10.2 Å². The Labute approximate surface area is 184 Å². The van der Waals surface area contributed by atoms with Crippen LogP contribution in [0.2, 0.25) is 0 Å². The predicted molar refractivity (Wildman–Crippen MR) is 114 cm³/mol. The number of carbonyl (C=O) groups excluding carboxylic acids is 1. The molecule has 1 aromatic rings. The van der Waals surface area contributed by atoms with Crippen LogP contribution in [0.15, 0.2) is 36.4 Å². The van der Waals surface area contributed by atoms with Crippen LogP contribution in [0.5, 0.6) is 11.5 Å². The summed E-state index contributed by atoms with van der Waals surface area (Å²) in [6.07, 6.45) is 4.29. The van der Waals surface area contributed by atoms with Crippen LogP contribution >= 0.6 is 11.8 Å². The van der Waals surface area contributed by atoms with Crippen molar-refractivity contribution in [3.63, 3.8) is 0 Å². The predicted octanol–water partition coefficient (Wildman–Crippen LogP) is 1.58. The summed E-state index contributed by atoms with van der Waals surface area (Å²) >= 11 is 1.78. The average Bonchev–Trinajstić information content (AvgIpc) is 3.12. The van der Waals surface area contributed by atoms with Crippen LogP contribution in [0.1, 0.15) is 19.3 Å². The van der Waals surface area contributed by atoms with Gasteiger partial charge in [0.2, 0.25) is 5.91 Å². The molecule has 1 aromatic carbocycles. The molecule has 9 nitrogen and oxygen atoms in total. The Hall–Kier alpha value is -2.72. The van der Waals surface area contributed by atoms with E-state index in [-0.39, 0.29) is 16.9 Å². The largest absolute Gasteiger partial charge is 0.486 e. The van der Waals surface area contributed by atoms with Gasteiger partial charge in [0.05, 0.1) is 10.6 Å². The highest BCUT2D eigenvalue weighted by molar-refractivity contribution is 8.01. The quantitative estimate of drug-likeness (QED) is 0.573. The number of carboxylic acid groups (broad SMARTS) is 2. The summed E-state index contributed by atoms with van der Waals surface area (Å²) < 4.78 is 11.8. The van der Waals surface area contributed by atoms with Crippen molar-refractivity contribution >= 4 is 29.6 Å². The van der Waals surface area contributed by atoms with Crippen molar-refractivity contribution in [2.75, 3.05) is 32.0 Å². The highest BCUT2D eigenvalue weighted by atomic mass is 32.2. The van der Waals surface area contributed by atoms with Gasteiger partial charge in [0.1, 0.15) is 12.7 Å². The van der Waals surface area contributed by atoms with E-state index in [2.05, 4.69) is 10.2 Å². The van der Waals surface area contributed by atoms with Crippen LogP contribution in [-0.2, 0) is 14.4 Å². The van der Waals surface area contributed by atoms with Crippen molar-refractivity contribution in [1.29, 1.82) is 0 Å². The second-order valence-electron chi connectivity index (χ2n) is 7.47. The molecular weight excluding hydrogens is 424 g/mol. The van der Waals surface area contributed by atoms with Crippen LogP contribution in [0.4, 0.5) is 0 Å². The third kappa shape index (κ3) is 6.90. The number of hydrogen-bond acceptors (Lipinski definition) is 7. The molecule has 31 heavy (non-hydrogen) atoms. The molecule has 4 rings (SSSR count). The zero-order chi connectivity index (χ0) is 22.3. The zero-order valence-electron chi connectivity index (χ0n) is 17.0. The molecule has 0 saturated carbocycles. The third-order valence-electron chi connectivity index (χ3n) is 5.21. The number of carbonyl (C=O) groups is 3. The van der Waals surface area contributed by atoms with Gasteiger partial charge in [0, 0.05) is 38.2 Å². The number of rotatable bonds is 5. The first-order valence-corrected chi connectivity index (χ1v) is 11.0. The molecule has 3 N–H and O–H groups in total. The lowest BCUT2D eigenvalue weighted by Crippen LogP contribution is -2.50. The van der Waals surface area contributed by atoms with E-state index in [0.29, 0.717) is 24.5 Å². The fraction of sp³-hybridized carbons (Fsp3) is 0.476. The molecule has 1 spiro atoms. The first-order chi connectivity index (χ1) is 14.8. The van der Waals surface area contributed by atoms with Crippen LogP contribution < -0.4 is 14.8 Å². The second-order valence-corrected chi connectivity index (χ2v) is 8.83. The summed E-state index contributed by atoms with van der Waals surface area (Å²) in [5, 5.41) is 18.8.